The number of rotatable bonds is 9. The van der Waals surface area contributed by atoms with Crippen molar-refractivity contribution in [3.63, 3.8) is 0 Å². The molecule has 0 aliphatic heterocycles. The Morgan fingerprint density at radius 3 is 2.67 bits per heavy atom. The normalized spacial score (nSPS) is 16.9. The van der Waals surface area contributed by atoms with Crippen LogP contribution in [-0.2, 0) is 11.2 Å². The lowest BCUT2D eigenvalue weighted by molar-refractivity contribution is -0.676. The summed E-state index contributed by atoms with van der Waals surface area (Å²) in [4.78, 5) is 13.7. The van der Waals surface area contributed by atoms with Gasteiger partial charge in [-0.25, -0.2) is 0 Å². The number of carbonyl (C=O) groups excluding carboxylic acids is 1. The number of carbonyl (C=O) groups is 1. The molecule has 2 aromatic rings. The molecule has 3 rings (SSSR count). The Balaban J connectivity index is 1.67. The Labute approximate surface area is 165 Å². The number of hydrogen-bond acceptors (Lipinski definition) is 3. The molecule has 0 radical (unpaired) electrons. The third-order valence-corrected chi connectivity index (χ3v) is 6.25. The van der Waals surface area contributed by atoms with E-state index in [2.05, 4.69) is 59.3 Å². The Morgan fingerprint density at radius 1 is 1.37 bits per heavy atom. The summed E-state index contributed by atoms with van der Waals surface area (Å²) in [6, 6.07) is 15.3. The molecule has 2 atom stereocenters. The number of amides is 1. The Hall–Kier alpha value is -2.16. The molecular weight excluding hydrogens is 354 g/mol. The highest BCUT2D eigenvalue weighted by molar-refractivity contribution is 7.10. The molecule has 27 heavy (non-hydrogen) atoms. The number of nitrogens with two attached hydrogens (primary N) is 1. The van der Waals surface area contributed by atoms with E-state index in [9.17, 15) is 10.1 Å². The van der Waals surface area contributed by atoms with E-state index in [0.29, 0.717) is 12.5 Å². The monoisotopic (exact) mass is 382 g/mol. The van der Waals surface area contributed by atoms with Crippen molar-refractivity contribution in [3.05, 3.63) is 57.8 Å². The van der Waals surface area contributed by atoms with Crippen molar-refractivity contribution in [1.82, 2.24) is 5.32 Å². The van der Waals surface area contributed by atoms with Gasteiger partial charge >= 0.3 is 0 Å². The van der Waals surface area contributed by atoms with Crippen LogP contribution in [0.15, 0.2) is 41.8 Å². The van der Waals surface area contributed by atoms with Crippen LogP contribution in [-0.4, -0.2) is 18.0 Å². The second-order valence-corrected chi connectivity index (χ2v) is 8.54. The second-order valence-electron chi connectivity index (χ2n) is 7.56. The van der Waals surface area contributed by atoms with Gasteiger partial charge in [-0.05, 0) is 49.1 Å². The van der Waals surface area contributed by atoms with E-state index in [1.165, 1.54) is 16.0 Å². The van der Waals surface area contributed by atoms with Gasteiger partial charge in [0.2, 0.25) is 0 Å². The number of nitrogens with one attached hydrogen (secondary N) is 1. The summed E-state index contributed by atoms with van der Waals surface area (Å²) >= 11 is 1.71. The number of benzene rings is 1. The molecule has 1 amide bonds. The molecule has 1 aromatic heterocycles. The molecule has 3 N–H and O–H groups in total. The minimum absolute atomic E-state index is 0.0740. The fourth-order valence-electron chi connectivity index (χ4n) is 3.51. The van der Waals surface area contributed by atoms with Crippen molar-refractivity contribution in [1.29, 1.82) is 5.26 Å². The summed E-state index contributed by atoms with van der Waals surface area (Å²) in [5.41, 5.74) is 1.82. The van der Waals surface area contributed by atoms with Crippen LogP contribution in [0, 0.1) is 17.2 Å². The van der Waals surface area contributed by atoms with Gasteiger partial charge in [-0.2, -0.15) is 5.26 Å². The molecule has 0 spiro atoms. The Bertz CT molecular complexity index is 790. The van der Waals surface area contributed by atoms with E-state index in [1.54, 1.807) is 11.3 Å². The van der Waals surface area contributed by atoms with E-state index >= 15 is 0 Å². The molecule has 1 heterocycles. The number of nitrogens with zero attached hydrogens (tertiary/aromatic N) is 1. The highest BCUT2D eigenvalue weighted by Gasteiger charge is 2.43. The predicted octanol–water partition coefficient (Wildman–Crippen LogP) is 3.16. The zero-order valence-corrected chi connectivity index (χ0v) is 16.9. The van der Waals surface area contributed by atoms with Crippen LogP contribution in [0.3, 0.4) is 0 Å². The van der Waals surface area contributed by atoms with Crippen molar-refractivity contribution >= 4 is 17.2 Å². The SMILES string of the molecule is CCCc1ccc([C@H]([NH2+]CC(=O)N[C@](C)(C#N)C2CC2)c2cccs2)cc1. The van der Waals surface area contributed by atoms with Gasteiger partial charge in [-0.3, -0.25) is 4.79 Å². The molecule has 1 saturated carbocycles. The molecule has 142 valence electrons. The van der Waals surface area contributed by atoms with Gasteiger partial charge in [0.1, 0.15) is 11.6 Å². The summed E-state index contributed by atoms with van der Waals surface area (Å²) < 4.78 is 0. The second kappa shape index (κ2) is 8.69. The van der Waals surface area contributed by atoms with Crippen molar-refractivity contribution in [2.24, 2.45) is 5.92 Å². The maximum Gasteiger partial charge on any atom is 0.276 e. The smallest absolute Gasteiger partial charge is 0.276 e. The van der Waals surface area contributed by atoms with Gasteiger partial charge in [0.15, 0.2) is 6.54 Å². The minimum atomic E-state index is -0.731. The molecular formula is C22H28N3OS+. The average Bonchev–Trinajstić information content (AvgIpc) is 3.40. The summed E-state index contributed by atoms with van der Waals surface area (Å²) in [6.07, 6.45) is 4.27. The van der Waals surface area contributed by atoms with Crippen molar-refractivity contribution in [2.75, 3.05) is 6.54 Å². The van der Waals surface area contributed by atoms with Crippen LogP contribution in [0.2, 0.25) is 0 Å². The number of hydrogen-bond donors (Lipinski definition) is 2. The van der Waals surface area contributed by atoms with E-state index in [-0.39, 0.29) is 11.9 Å². The predicted molar refractivity (Wildman–Crippen MR) is 108 cm³/mol. The third kappa shape index (κ3) is 4.97. The average molecular weight is 383 g/mol. The van der Waals surface area contributed by atoms with Gasteiger partial charge in [0.25, 0.3) is 5.91 Å². The number of aryl methyl sites for hydroxylation is 1. The van der Waals surface area contributed by atoms with Crippen LogP contribution < -0.4 is 10.6 Å². The first-order chi connectivity index (χ1) is 13.1. The first-order valence-corrected chi connectivity index (χ1v) is 10.6. The van der Waals surface area contributed by atoms with Gasteiger partial charge < -0.3 is 10.6 Å². The molecule has 4 nitrogen and oxygen atoms in total. The van der Waals surface area contributed by atoms with E-state index in [1.807, 2.05) is 13.0 Å². The molecule has 1 fully saturated rings. The largest absolute Gasteiger partial charge is 0.333 e. The van der Waals surface area contributed by atoms with Crippen molar-refractivity contribution in [2.45, 2.75) is 51.1 Å². The highest BCUT2D eigenvalue weighted by Crippen LogP contribution is 2.39. The number of nitriles is 1. The van der Waals surface area contributed by atoms with Crippen molar-refractivity contribution < 1.29 is 10.1 Å². The highest BCUT2D eigenvalue weighted by atomic mass is 32.1. The van der Waals surface area contributed by atoms with Gasteiger partial charge in [0, 0.05) is 5.56 Å². The van der Waals surface area contributed by atoms with Crippen molar-refractivity contribution in [3.8, 4) is 6.07 Å². The molecule has 0 saturated heterocycles. The lowest BCUT2D eigenvalue weighted by Gasteiger charge is -2.23. The van der Waals surface area contributed by atoms with Crippen LogP contribution in [0.4, 0.5) is 0 Å². The molecule has 1 aliphatic carbocycles. The molecule has 0 bridgehead atoms. The summed E-state index contributed by atoms with van der Waals surface area (Å²) in [5.74, 6) is 0.223. The Kier molecular flexibility index (Phi) is 6.30. The van der Waals surface area contributed by atoms with Crippen LogP contribution in [0.1, 0.15) is 55.2 Å². The molecule has 1 aromatic carbocycles. The zero-order chi connectivity index (χ0) is 19.3. The fraction of sp³-hybridized carbons (Fsp3) is 0.455. The van der Waals surface area contributed by atoms with Crippen LogP contribution in [0.5, 0.6) is 0 Å². The number of thiophene rings is 1. The maximum absolute atomic E-state index is 12.5. The van der Waals surface area contributed by atoms with E-state index < -0.39 is 5.54 Å². The van der Waals surface area contributed by atoms with Crippen LogP contribution in [0.25, 0.3) is 0 Å². The third-order valence-electron chi connectivity index (χ3n) is 5.29. The minimum Gasteiger partial charge on any atom is -0.333 e. The summed E-state index contributed by atoms with van der Waals surface area (Å²) in [5, 5.41) is 16.5. The van der Waals surface area contributed by atoms with Crippen LogP contribution >= 0.6 is 11.3 Å². The zero-order valence-electron chi connectivity index (χ0n) is 16.1. The summed E-state index contributed by atoms with van der Waals surface area (Å²) in [7, 11) is 0. The first kappa shape index (κ1) is 19.6. The molecule has 5 heteroatoms. The van der Waals surface area contributed by atoms with Gasteiger partial charge in [-0.15, -0.1) is 11.3 Å². The lowest BCUT2D eigenvalue weighted by atomic mass is 9.98. The topological polar surface area (TPSA) is 69.5 Å². The summed E-state index contributed by atoms with van der Waals surface area (Å²) in [6.45, 7) is 4.33. The Morgan fingerprint density at radius 2 is 2.11 bits per heavy atom. The molecule has 0 unspecified atom stereocenters. The molecule has 1 aliphatic rings. The quantitative estimate of drug-likeness (QED) is 0.699. The standard InChI is InChI=1S/C22H27N3OS/c1-3-5-16-7-9-17(10-8-16)21(19-6-4-13-27-19)24-14-20(26)25-22(2,15-23)18-11-12-18/h4,6-10,13,18,21,24H,3,5,11-12,14H2,1-2H3,(H,25,26)/p+1/t21-,22+/m0/s1. The van der Waals surface area contributed by atoms with E-state index in [0.717, 1.165) is 25.7 Å². The van der Waals surface area contributed by atoms with Gasteiger partial charge in [0.05, 0.1) is 10.9 Å². The fourth-order valence-corrected chi connectivity index (χ4v) is 4.36. The first-order valence-electron chi connectivity index (χ1n) is 9.73. The van der Waals surface area contributed by atoms with Gasteiger partial charge in [-0.1, -0.05) is 43.7 Å². The maximum atomic E-state index is 12.5. The van der Waals surface area contributed by atoms with E-state index in [4.69, 9.17) is 0 Å². The number of quaternary nitrogens is 1. The lowest BCUT2D eigenvalue weighted by Crippen LogP contribution is -2.88.